The van der Waals surface area contributed by atoms with Gasteiger partial charge in [0.1, 0.15) is 0 Å². The third-order valence-electron chi connectivity index (χ3n) is 4.36. The van der Waals surface area contributed by atoms with E-state index in [0.717, 1.165) is 22.0 Å². The highest BCUT2D eigenvalue weighted by atomic mass is 35.5. The number of benzene rings is 1. The predicted octanol–water partition coefficient (Wildman–Crippen LogP) is 3.75. The fourth-order valence-electron chi connectivity index (χ4n) is 2.84. The first kappa shape index (κ1) is 21.0. The van der Waals surface area contributed by atoms with Crippen LogP contribution >= 0.6 is 23.4 Å². The summed E-state index contributed by atoms with van der Waals surface area (Å²) in [6, 6.07) is 14.8. The Morgan fingerprint density at radius 1 is 1.10 bits per heavy atom. The molecule has 0 atom stereocenters. The van der Waals surface area contributed by atoms with Gasteiger partial charge in [-0.1, -0.05) is 17.7 Å². The van der Waals surface area contributed by atoms with E-state index in [0.29, 0.717) is 17.1 Å². The van der Waals surface area contributed by atoms with Gasteiger partial charge in [0.25, 0.3) is 5.91 Å². The summed E-state index contributed by atoms with van der Waals surface area (Å²) < 4.78 is 2.02. The Morgan fingerprint density at radius 3 is 2.55 bits per heavy atom. The van der Waals surface area contributed by atoms with Crippen LogP contribution in [0.25, 0.3) is 0 Å². The molecule has 0 unspecified atom stereocenters. The normalized spacial score (nSPS) is 10.6. The number of amides is 2. The SMILES string of the molecule is Cc1cc(C(=O)NNC(=O)CSc2ccc(Cl)cc2)c(C)n1Cc1ccccn1. The van der Waals surface area contributed by atoms with Gasteiger partial charge in [-0.3, -0.25) is 25.4 Å². The van der Waals surface area contributed by atoms with Crippen LogP contribution in [0.3, 0.4) is 0 Å². The molecule has 0 saturated heterocycles. The van der Waals surface area contributed by atoms with Crippen molar-refractivity contribution in [2.75, 3.05) is 5.75 Å². The number of aryl methyl sites for hydroxylation is 1. The molecule has 6 nitrogen and oxygen atoms in total. The number of hydrazine groups is 1. The topological polar surface area (TPSA) is 76.0 Å². The summed E-state index contributed by atoms with van der Waals surface area (Å²) in [5, 5.41) is 0.645. The highest BCUT2D eigenvalue weighted by Crippen LogP contribution is 2.20. The fraction of sp³-hybridized carbons (Fsp3) is 0.190. The molecule has 29 heavy (non-hydrogen) atoms. The van der Waals surface area contributed by atoms with Crippen LogP contribution in [0.5, 0.6) is 0 Å². The number of nitrogens with zero attached hydrogens (tertiary/aromatic N) is 2. The molecule has 2 N–H and O–H groups in total. The minimum absolute atomic E-state index is 0.181. The maximum atomic E-state index is 12.5. The van der Waals surface area contributed by atoms with Crippen LogP contribution in [0.2, 0.25) is 5.02 Å². The molecule has 8 heteroatoms. The van der Waals surface area contributed by atoms with E-state index in [4.69, 9.17) is 11.6 Å². The van der Waals surface area contributed by atoms with Crippen molar-refractivity contribution >= 4 is 35.2 Å². The molecule has 0 aliphatic heterocycles. The first-order valence-electron chi connectivity index (χ1n) is 8.98. The van der Waals surface area contributed by atoms with Crippen LogP contribution in [0.1, 0.15) is 27.4 Å². The summed E-state index contributed by atoms with van der Waals surface area (Å²) in [4.78, 5) is 29.8. The Hall–Kier alpha value is -2.77. The molecular formula is C21H21ClN4O2S. The predicted molar refractivity (Wildman–Crippen MR) is 115 cm³/mol. The van der Waals surface area contributed by atoms with E-state index >= 15 is 0 Å². The van der Waals surface area contributed by atoms with Gasteiger partial charge in [-0.25, -0.2) is 0 Å². The highest BCUT2D eigenvalue weighted by molar-refractivity contribution is 8.00. The van der Waals surface area contributed by atoms with Gasteiger partial charge < -0.3 is 4.57 Å². The third kappa shape index (κ3) is 5.62. The average molecular weight is 429 g/mol. The molecule has 3 rings (SSSR count). The molecule has 0 radical (unpaired) electrons. The first-order chi connectivity index (χ1) is 13.9. The standard InChI is InChI=1S/C21H21ClN4O2S/c1-14-11-19(15(2)26(14)12-17-5-3-4-10-23-17)21(28)25-24-20(27)13-29-18-8-6-16(22)7-9-18/h3-11H,12-13H2,1-2H3,(H,24,27)(H,25,28). The summed E-state index contributed by atoms with van der Waals surface area (Å²) in [6.45, 7) is 4.40. The third-order valence-corrected chi connectivity index (χ3v) is 5.63. The molecule has 0 aliphatic rings. The number of carbonyl (C=O) groups excluding carboxylic acids is 2. The van der Waals surface area contributed by atoms with E-state index in [1.54, 1.807) is 18.3 Å². The Bertz CT molecular complexity index is 1000. The summed E-state index contributed by atoms with van der Waals surface area (Å²) in [5.41, 5.74) is 8.14. The molecule has 2 amide bonds. The van der Waals surface area contributed by atoms with Gasteiger partial charge in [-0.2, -0.15) is 0 Å². The van der Waals surface area contributed by atoms with Gasteiger partial charge in [0.2, 0.25) is 5.91 Å². The van der Waals surface area contributed by atoms with Crippen molar-refractivity contribution in [2.24, 2.45) is 0 Å². The first-order valence-corrected chi connectivity index (χ1v) is 10.3. The Labute approximate surface area is 178 Å². The number of thioether (sulfide) groups is 1. The van der Waals surface area contributed by atoms with E-state index < -0.39 is 0 Å². The van der Waals surface area contributed by atoms with Crippen molar-refractivity contribution in [1.29, 1.82) is 0 Å². The van der Waals surface area contributed by atoms with E-state index in [1.165, 1.54) is 11.8 Å². The van der Waals surface area contributed by atoms with Crippen LogP contribution in [-0.4, -0.2) is 27.1 Å². The van der Waals surface area contributed by atoms with Gasteiger partial charge in [0.05, 0.1) is 23.6 Å². The summed E-state index contributed by atoms with van der Waals surface area (Å²) in [6.07, 6.45) is 1.74. The zero-order chi connectivity index (χ0) is 20.8. The molecule has 0 fully saturated rings. The van der Waals surface area contributed by atoms with E-state index in [-0.39, 0.29) is 17.6 Å². The molecule has 3 aromatic rings. The Morgan fingerprint density at radius 2 is 1.86 bits per heavy atom. The molecular weight excluding hydrogens is 408 g/mol. The monoisotopic (exact) mass is 428 g/mol. The van der Waals surface area contributed by atoms with Crippen LogP contribution in [-0.2, 0) is 11.3 Å². The second-order valence-corrected chi connectivity index (χ2v) is 7.92. The van der Waals surface area contributed by atoms with Crippen molar-refractivity contribution in [3.8, 4) is 0 Å². The maximum Gasteiger partial charge on any atom is 0.271 e. The van der Waals surface area contributed by atoms with Gasteiger partial charge in [0, 0.05) is 27.5 Å². The summed E-state index contributed by atoms with van der Waals surface area (Å²) >= 11 is 7.21. The van der Waals surface area contributed by atoms with Gasteiger partial charge in [0.15, 0.2) is 0 Å². The lowest BCUT2D eigenvalue weighted by Gasteiger charge is -2.10. The minimum atomic E-state index is -0.352. The number of nitrogens with one attached hydrogen (secondary N) is 2. The average Bonchev–Trinajstić information content (AvgIpc) is 3.00. The largest absolute Gasteiger partial charge is 0.342 e. The van der Waals surface area contributed by atoms with E-state index in [2.05, 4.69) is 15.8 Å². The number of hydrogen-bond acceptors (Lipinski definition) is 4. The fourth-order valence-corrected chi connectivity index (χ4v) is 3.66. The highest BCUT2D eigenvalue weighted by Gasteiger charge is 2.16. The number of rotatable bonds is 6. The second-order valence-electron chi connectivity index (χ2n) is 6.44. The van der Waals surface area contributed by atoms with Gasteiger partial charge >= 0.3 is 0 Å². The molecule has 1 aromatic carbocycles. The summed E-state index contributed by atoms with van der Waals surface area (Å²) in [5.74, 6) is -0.462. The van der Waals surface area contributed by atoms with Crippen molar-refractivity contribution in [3.05, 3.63) is 82.4 Å². The van der Waals surface area contributed by atoms with E-state index in [9.17, 15) is 9.59 Å². The van der Waals surface area contributed by atoms with Crippen molar-refractivity contribution in [2.45, 2.75) is 25.3 Å². The number of pyridine rings is 1. The molecule has 0 spiro atoms. The van der Waals surface area contributed by atoms with Crippen LogP contribution < -0.4 is 10.9 Å². The Balaban J connectivity index is 1.55. The molecule has 0 bridgehead atoms. The lowest BCUT2D eigenvalue weighted by atomic mass is 10.2. The van der Waals surface area contributed by atoms with Crippen LogP contribution in [0.4, 0.5) is 0 Å². The van der Waals surface area contributed by atoms with Crippen molar-refractivity contribution < 1.29 is 9.59 Å². The lowest BCUT2D eigenvalue weighted by molar-refractivity contribution is -0.119. The van der Waals surface area contributed by atoms with Gasteiger partial charge in [-0.15, -0.1) is 11.8 Å². The lowest BCUT2D eigenvalue weighted by Crippen LogP contribution is -2.42. The molecule has 2 heterocycles. The number of aromatic nitrogens is 2. The van der Waals surface area contributed by atoms with Crippen molar-refractivity contribution in [3.63, 3.8) is 0 Å². The van der Waals surface area contributed by atoms with Crippen molar-refractivity contribution in [1.82, 2.24) is 20.4 Å². The quantitative estimate of drug-likeness (QED) is 0.463. The maximum absolute atomic E-state index is 12.5. The molecule has 0 saturated carbocycles. The summed E-state index contributed by atoms with van der Waals surface area (Å²) in [7, 11) is 0. The molecule has 0 aliphatic carbocycles. The van der Waals surface area contributed by atoms with E-state index in [1.807, 2.05) is 54.8 Å². The number of hydrogen-bond donors (Lipinski definition) is 2. The number of halogens is 1. The minimum Gasteiger partial charge on any atom is -0.342 e. The van der Waals surface area contributed by atoms with Crippen LogP contribution in [0.15, 0.2) is 59.6 Å². The zero-order valence-electron chi connectivity index (χ0n) is 16.1. The molecule has 2 aromatic heterocycles. The second kappa shape index (κ2) is 9.62. The smallest absolute Gasteiger partial charge is 0.271 e. The van der Waals surface area contributed by atoms with Gasteiger partial charge in [-0.05, 0) is 56.3 Å². The Kier molecular flexibility index (Phi) is 6.95. The zero-order valence-corrected chi connectivity index (χ0v) is 17.7. The molecule has 150 valence electrons. The van der Waals surface area contributed by atoms with Crippen LogP contribution in [0, 0.1) is 13.8 Å². The number of carbonyl (C=O) groups is 2.